The van der Waals surface area contributed by atoms with Gasteiger partial charge in [0.15, 0.2) is 0 Å². The summed E-state index contributed by atoms with van der Waals surface area (Å²) in [7, 11) is 0. The molecule has 6 rings (SSSR count). The maximum Gasteiger partial charge on any atom is 0 e. The Bertz CT molecular complexity index is 1780. The van der Waals surface area contributed by atoms with Crippen molar-refractivity contribution in [2.45, 2.75) is 37.0 Å². The predicted octanol–water partition coefficient (Wildman–Crippen LogP) is 9.27. The number of nitrogens with zero attached hydrogens (tertiary/aromatic N) is 2. The zero-order valence-electron chi connectivity index (χ0n) is 24.2. The zero-order chi connectivity index (χ0) is 28.5. The van der Waals surface area contributed by atoms with Crippen LogP contribution in [0.5, 0.6) is 0 Å². The number of halogens is 1. The van der Waals surface area contributed by atoms with E-state index >= 15 is 0 Å². The fraction of sp³-hybridized carbons (Fsp3) is 0.176. The average molecular weight is 785 g/mol. The number of rotatable bonds is 4. The van der Waals surface area contributed by atoms with Gasteiger partial charge in [0.1, 0.15) is 5.82 Å². The van der Waals surface area contributed by atoms with Gasteiger partial charge in [0, 0.05) is 32.4 Å². The van der Waals surface area contributed by atoms with Crippen LogP contribution in [0.2, 0.25) is 17.3 Å². The van der Waals surface area contributed by atoms with Gasteiger partial charge >= 0.3 is 99.8 Å². The number of hydrogen-bond acceptors (Lipinski definition) is 3. The largest absolute Gasteiger partial charge is 0 e. The van der Waals surface area contributed by atoms with Crippen LogP contribution in [0.15, 0.2) is 91.3 Å². The molecule has 3 aromatic heterocycles. The third-order valence-electron chi connectivity index (χ3n) is 6.60. The van der Waals surface area contributed by atoms with E-state index in [4.69, 9.17) is 1.37 Å². The fourth-order valence-electron chi connectivity index (χ4n) is 4.33. The van der Waals surface area contributed by atoms with Gasteiger partial charge in [-0.2, -0.15) is 11.3 Å². The molecule has 6 aromatic rings. The third-order valence-corrected chi connectivity index (χ3v) is 12.0. The zero-order valence-corrected chi connectivity index (χ0v) is 28.5. The molecule has 6 heteroatoms. The van der Waals surface area contributed by atoms with E-state index in [0.717, 1.165) is 48.3 Å². The van der Waals surface area contributed by atoms with Gasteiger partial charge in [-0.15, -0.1) is 23.8 Å². The van der Waals surface area contributed by atoms with Gasteiger partial charge in [-0.3, -0.25) is 0 Å². The van der Waals surface area contributed by atoms with Crippen LogP contribution in [0.4, 0.5) is 4.39 Å². The summed E-state index contributed by atoms with van der Waals surface area (Å²) < 4.78 is 25.2. The van der Waals surface area contributed by atoms with Crippen LogP contribution in [-0.2, 0) is 20.1 Å². The summed E-state index contributed by atoms with van der Waals surface area (Å²) in [5.74, 6) is 6.23. The minimum atomic E-state index is -1.72. The van der Waals surface area contributed by atoms with Gasteiger partial charge in [0.2, 0.25) is 0 Å². The molecule has 0 unspecified atom stereocenters. The van der Waals surface area contributed by atoms with E-state index in [2.05, 4.69) is 51.5 Å². The number of thiophene rings is 1. The van der Waals surface area contributed by atoms with Gasteiger partial charge in [-0.1, -0.05) is 36.9 Å². The molecule has 0 atom stereocenters. The predicted molar refractivity (Wildman–Crippen MR) is 167 cm³/mol. The van der Waals surface area contributed by atoms with Gasteiger partial charge in [-0.05, 0) is 39.9 Å². The molecule has 0 aliphatic carbocycles. The first kappa shape index (κ1) is 28.8. The number of benzene rings is 3. The smallest absolute Gasteiger partial charge is 0 e. The van der Waals surface area contributed by atoms with Gasteiger partial charge < -0.3 is 4.98 Å². The molecular formula is C34H31FGeIrN2S-2. The summed E-state index contributed by atoms with van der Waals surface area (Å²) >= 11 is -0.163. The van der Waals surface area contributed by atoms with E-state index in [1.165, 1.54) is 10.5 Å². The van der Waals surface area contributed by atoms with Crippen LogP contribution in [0.1, 0.15) is 26.7 Å². The van der Waals surface area contributed by atoms with Crippen LogP contribution in [0, 0.1) is 17.9 Å². The monoisotopic (exact) mass is 786 g/mol. The first-order chi connectivity index (χ1) is 19.0. The maximum atomic E-state index is 13.5. The summed E-state index contributed by atoms with van der Waals surface area (Å²) in [4.78, 5) is 9.01. The molecule has 0 bridgehead atoms. The van der Waals surface area contributed by atoms with Crippen molar-refractivity contribution in [3.63, 3.8) is 0 Å². The Hall–Kier alpha value is -2.70. The van der Waals surface area contributed by atoms with Crippen LogP contribution in [0.3, 0.4) is 0 Å². The van der Waals surface area contributed by atoms with Crippen molar-refractivity contribution in [1.82, 2.24) is 9.97 Å². The van der Waals surface area contributed by atoms with Crippen molar-refractivity contribution in [3.05, 3.63) is 115 Å². The molecule has 0 aliphatic heterocycles. The summed E-state index contributed by atoms with van der Waals surface area (Å²) in [5, 5.41) is 2.13. The number of fused-ring (bicyclic) bond motifs is 3. The Morgan fingerprint density at radius 3 is 2.38 bits per heavy atom. The molecule has 0 aliphatic rings. The second kappa shape index (κ2) is 12.9. The van der Waals surface area contributed by atoms with Gasteiger partial charge in [0.25, 0.3) is 0 Å². The maximum absolute atomic E-state index is 13.5. The molecule has 0 spiro atoms. The van der Waals surface area contributed by atoms with E-state index in [-0.39, 0.29) is 25.9 Å². The Morgan fingerprint density at radius 2 is 1.70 bits per heavy atom. The van der Waals surface area contributed by atoms with Crippen LogP contribution in [0.25, 0.3) is 42.7 Å². The molecule has 0 amide bonds. The van der Waals surface area contributed by atoms with Crippen molar-refractivity contribution in [1.29, 1.82) is 0 Å². The number of hydrogen-bond donors (Lipinski definition) is 0. The van der Waals surface area contributed by atoms with Crippen molar-refractivity contribution >= 4 is 49.2 Å². The van der Waals surface area contributed by atoms with Crippen LogP contribution < -0.4 is 4.40 Å². The van der Waals surface area contributed by atoms with E-state index in [0.29, 0.717) is 0 Å². The summed E-state index contributed by atoms with van der Waals surface area (Å²) in [6.07, 6.45) is 3.77. The molecular weight excluding hydrogens is 752 g/mol. The second-order valence-electron chi connectivity index (χ2n) is 10.7. The Balaban J connectivity index is 0.000000200. The molecule has 205 valence electrons. The molecule has 0 N–H and O–H groups in total. The van der Waals surface area contributed by atoms with Crippen LogP contribution >= 0.6 is 11.3 Å². The van der Waals surface area contributed by atoms with Crippen molar-refractivity contribution in [2.24, 2.45) is 0 Å². The van der Waals surface area contributed by atoms with E-state index in [9.17, 15) is 4.39 Å². The quantitative estimate of drug-likeness (QED) is 0.132. The van der Waals surface area contributed by atoms with E-state index in [1.54, 1.807) is 23.6 Å². The van der Waals surface area contributed by atoms with E-state index in [1.807, 2.05) is 74.6 Å². The topological polar surface area (TPSA) is 25.8 Å². The Kier molecular flexibility index (Phi) is 9.27. The molecule has 0 saturated heterocycles. The first-order valence-electron chi connectivity index (χ1n) is 13.4. The molecule has 3 aromatic carbocycles. The van der Waals surface area contributed by atoms with Crippen LogP contribution in [-0.4, -0.2) is 23.2 Å². The van der Waals surface area contributed by atoms with Gasteiger partial charge in [0.05, 0.1) is 0 Å². The first-order valence-corrected chi connectivity index (χ1v) is 21.1. The minimum absolute atomic E-state index is 0. The molecule has 0 saturated carbocycles. The molecule has 2 nitrogen and oxygen atoms in total. The number of aromatic nitrogens is 2. The van der Waals surface area contributed by atoms with E-state index < -0.39 is 19.2 Å². The molecule has 1 radical (unpaired) electrons. The molecule has 0 fully saturated rings. The van der Waals surface area contributed by atoms with Gasteiger partial charge in [-0.25, -0.2) is 4.39 Å². The SMILES string of the molecule is [2H]C(C)(C)c1ccnc(-c2[c-]ccc3c2sc2cc(F)ccc23)c1.[CH3][Ge]([CH3])([CH3])[c]1ccc(-c2[c-]cccc2)nc1.[Ir]. The Morgan fingerprint density at radius 1 is 0.875 bits per heavy atom. The average Bonchev–Trinajstić information content (AvgIpc) is 3.31. The third kappa shape index (κ3) is 6.77. The Labute approximate surface area is 257 Å². The second-order valence-corrected chi connectivity index (χ2v) is 22.4. The fourth-order valence-corrected chi connectivity index (χ4v) is 7.74. The standard InChI is InChI=1S/C20H15FNS.C14H16GeN.Ir/c1-12(2)13-8-9-22-18(10-13)17-5-3-4-16-15-7-6-14(21)11-19(15)23-20(16)17;1-15(2,3)13-9-10-14(16-11-13)12-7-5-4-6-8-12;/h3-4,6-12H,1-2H3;4-7,9-11H,1-3H3;/q2*-1;/i12D;;. The van der Waals surface area contributed by atoms with Crippen molar-refractivity contribution in [3.8, 4) is 22.5 Å². The van der Waals surface area contributed by atoms with Crippen molar-refractivity contribution in [2.75, 3.05) is 0 Å². The normalized spacial score (nSPS) is 11.9. The number of pyridine rings is 2. The molecule has 40 heavy (non-hydrogen) atoms. The van der Waals surface area contributed by atoms with Crippen molar-refractivity contribution < 1.29 is 25.9 Å². The summed E-state index contributed by atoms with van der Waals surface area (Å²) in [6, 6.07) is 31.4. The summed E-state index contributed by atoms with van der Waals surface area (Å²) in [5.41, 5.74) is 4.68. The summed E-state index contributed by atoms with van der Waals surface area (Å²) in [6.45, 7) is 3.72. The molecule has 3 heterocycles. The minimum Gasteiger partial charge on any atom is 0 e.